The maximum atomic E-state index is 12.1. The summed E-state index contributed by atoms with van der Waals surface area (Å²) < 4.78 is 26.9. The van der Waals surface area contributed by atoms with E-state index in [9.17, 15) is 13.2 Å². The van der Waals surface area contributed by atoms with E-state index in [-0.39, 0.29) is 10.1 Å². The molecule has 2 N–H and O–H groups in total. The maximum absolute atomic E-state index is 12.1. The monoisotopic (exact) mass is 322 g/mol. The first-order valence-electron chi connectivity index (χ1n) is 6.52. The number of hydrogen-bond donors (Lipinski definition) is 2. The van der Waals surface area contributed by atoms with Crippen LogP contribution in [0.5, 0.6) is 0 Å². The normalized spacial score (nSPS) is 14.7. The van der Waals surface area contributed by atoms with Crippen LogP contribution in [0.2, 0.25) is 0 Å². The van der Waals surface area contributed by atoms with E-state index in [0.717, 1.165) is 24.2 Å². The zero-order chi connectivity index (χ0) is 14.9. The fourth-order valence-corrected chi connectivity index (χ4v) is 3.86. The van der Waals surface area contributed by atoms with Crippen LogP contribution in [-0.2, 0) is 10.0 Å². The molecule has 1 amide bonds. The lowest BCUT2D eigenvalue weighted by molar-refractivity contribution is 0.0951. The van der Waals surface area contributed by atoms with E-state index in [4.69, 9.17) is 0 Å². The molecule has 3 rings (SSSR count). The molecule has 0 unspecified atom stereocenters. The highest BCUT2D eigenvalue weighted by Gasteiger charge is 2.23. The van der Waals surface area contributed by atoms with Gasteiger partial charge in [-0.3, -0.25) is 9.52 Å². The average Bonchev–Trinajstić information content (AvgIpc) is 3.07. The largest absolute Gasteiger partial charge is 0.349 e. The third-order valence-electron chi connectivity index (χ3n) is 3.07. The number of benzene rings is 1. The van der Waals surface area contributed by atoms with Crippen LogP contribution in [0.3, 0.4) is 0 Å². The zero-order valence-corrected chi connectivity index (χ0v) is 12.7. The van der Waals surface area contributed by atoms with Crippen molar-refractivity contribution in [1.82, 2.24) is 5.32 Å². The minimum Gasteiger partial charge on any atom is -0.349 e. The van der Waals surface area contributed by atoms with Crippen molar-refractivity contribution < 1.29 is 13.2 Å². The molecule has 0 bridgehead atoms. The molecule has 7 heteroatoms. The fraction of sp³-hybridized carbons (Fsp3) is 0.214. The molecule has 1 saturated carbocycles. The van der Waals surface area contributed by atoms with Gasteiger partial charge in [0.2, 0.25) is 0 Å². The van der Waals surface area contributed by atoms with E-state index >= 15 is 0 Å². The molecule has 0 atom stereocenters. The summed E-state index contributed by atoms with van der Waals surface area (Å²) >= 11 is 1.16. The van der Waals surface area contributed by atoms with Crippen LogP contribution < -0.4 is 10.0 Å². The molecule has 0 radical (unpaired) electrons. The molecular weight excluding hydrogens is 308 g/mol. The molecule has 2 aromatic rings. The first kappa shape index (κ1) is 14.1. The van der Waals surface area contributed by atoms with Crippen molar-refractivity contribution in [3.63, 3.8) is 0 Å². The highest BCUT2D eigenvalue weighted by atomic mass is 32.2. The molecule has 1 aromatic heterocycles. The van der Waals surface area contributed by atoms with E-state index in [0.29, 0.717) is 17.3 Å². The Morgan fingerprint density at radius 1 is 1.14 bits per heavy atom. The summed E-state index contributed by atoms with van der Waals surface area (Å²) in [4.78, 5) is 11.8. The van der Waals surface area contributed by atoms with Gasteiger partial charge in [-0.2, -0.15) is 0 Å². The lowest BCUT2D eigenvalue weighted by atomic mass is 10.2. The minimum atomic E-state index is -3.54. The Morgan fingerprint density at radius 2 is 1.86 bits per heavy atom. The van der Waals surface area contributed by atoms with Gasteiger partial charge in [-0.15, -0.1) is 11.3 Å². The minimum absolute atomic E-state index is 0.120. The second kappa shape index (κ2) is 5.50. The van der Waals surface area contributed by atoms with Gasteiger partial charge in [0.25, 0.3) is 15.9 Å². The zero-order valence-electron chi connectivity index (χ0n) is 11.1. The predicted molar refractivity (Wildman–Crippen MR) is 82.1 cm³/mol. The smallest absolute Gasteiger partial charge is 0.271 e. The average molecular weight is 322 g/mol. The molecule has 0 aliphatic heterocycles. The molecule has 1 aromatic carbocycles. The van der Waals surface area contributed by atoms with E-state index < -0.39 is 10.0 Å². The standard InChI is InChI=1S/C14H14N2O3S2/c17-14(15-11-7-8-11)10-3-5-12(6-4-10)16-21(18,19)13-2-1-9-20-13/h1-6,9,11,16H,7-8H2,(H,15,17). The van der Waals surface area contributed by atoms with Gasteiger partial charge in [0.1, 0.15) is 4.21 Å². The van der Waals surface area contributed by atoms with Crippen LogP contribution in [0.15, 0.2) is 46.0 Å². The first-order valence-corrected chi connectivity index (χ1v) is 8.88. The van der Waals surface area contributed by atoms with E-state index in [1.54, 1.807) is 41.8 Å². The molecule has 1 aliphatic carbocycles. The van der Waals surface area contributed by atoms with Crippen LogP contribution in [0.1, 0.15) is 23.2 Å². The Hall–Kier alpha value is -1.86. The Labute approximate surface area is 127 Å². The predicted octanol–water partition coefficient (Wildman–Crippen LogP) is 2.44. The van der Waals surface area contributed by atoms with E-state index in [2.05, 4.69) is 10.0 Å². The number of carbonyl (C=O) groups excluding carboxylic acids is 1. The van der Waals surface area contributed by atoms with Crippen molar-refractivity contribution in [1.29, 1.82) is 0 Å². The van der Waals surface area contributed by atoms with Crippen LogP contribution in [-0.4, -0.2) is 20.4 Å². The molecule has 5 nitrogen and oxygen atoms in total. The molecule has 1 heterocycles. The van der Waals surface area contributed by atoms with Gasteiger partial charge in [-0.1, -0.05) is 6.07 Å². The van der Waals surface area contributed by atoms with Crippen molar-refractivity contribution >= 4 is 33.0 Å². The first-order chi connectivity index (χ1) is 10.0. The third-order valence-corrected chi connectivity index (χ3v) is 5.85. The van der Waals surface area contributed by atoms with Gasteiger partial charge >= 0.3 is 0 Å². The number of sulfonamides is 1. The molecule has 0 spiro atoms. The molecule has 1 aliphatic rings. The lowest BCUT2D eigenvalue weighted by Crippen LogP contribution is -2.25. The Bertz CT molecular complexity index is 733. The SMILES string of the molecule is O=C(NC1CC1)c1ccc(NS(=O)(=O)c2cccs2)cc1. The topological polar surface area (TPSA) is 75.3 Å². The summed E-state index contributed by atoms with van der Waals surface area (Å²) in [6.07, 6.45) is 2.06. The molecule has 21 heavy (non-hydrogen) atoms. The highest BCUT2D eigenvalue weighted by molar-refractivity contribution is 7.94. The van der Waals surface area contributed by atoms with Gasteiger partial charge in [-0.05, 0) is 48.6 Å². The van der Waals surface area contributed by atoms with Crippen LogP contribution in [0, 0.1) is 0 Å². The van der Waals surface area contributed by atoms with Gasteiger partial charge in [-0.25, -0.2) is 8.42 Å². The number of carbonyl (C=O) groups is 1. The number of thiophene rings is 1. The molecular formula is C14H14N2O3S2. The summed E-state index contributed by atoms with van der Waals surface area (Å²) in [6.45, 7) is 0. The number of nitrogens with one attached hydrogen (secondary N) is 2. The van der Waals surface area contributed by atoms with Gasteiger partial charge < -0.3 is 5.32 Å². The summed E-state index contributed by atoms with van der Waals surface area (Å²) in [5, 5.41) is 4.59. The van der Waals surface area contributed by atoms with Gasteiger partial charge in [0.05, 0.1) is 0 Å². The number of rotatable bonds is 5. The van der Waals surface area contributed by atoms with E-state index in [1.807, 2.05) is 0 Å². The van der Waals surface area contributed by atoms with Crippen molar-refractivity contribution in [3.8, 4) is 0 Å². The summed E-state index contributed by atoms with van der Waals surface area (Å²) in [5.41, 5.74) is 0.965. The van der Waals surface area contributed by atoms with Crippen molar-refractivity contribution in [2.45, 2.75) is 23.1 Å². The Balaban J connectivity index is 1.71. The number of hydrogen-bond acceptors (Lipinski definition) is 4. The van der Waals surface area contributed by atoms with Gasteiger partial charge in [0, 0.05) is 17.3 Å². The third kappa shape index (κ3) is 3.43. The van der Waals surface area contributed by atoms with Crippen molar-refractivity contribution in [2.75, 3.05) is 4.72 Å². The lowest BCUT2D eigenvalue weighted by Gasteiger charge is -2.07. The fourth-order valence-electron chi connectivity index (χ4n) is 1.81. The number of anilines is 1. The highest BCUT2D eigenvalue weighted by Crippen LogP contribution is 2.21. The van der Waals surface area contributed by atoms with Crippen LogP contribution in [0.25, 0.3) is 0 Å². The van der Waals surface area contributed by atoms with Crippen molar-refractivity contribution in [3.05, 3.63) is 47.3 Å². The van der Waals surface area contributed by atoms with Gasteiger partial charge in [0.15, 0.2) is 0 Å². The van der Waals surface area contributed by atoms with Crippen LogP contribution >= 0.6 is 11.3 Å². The Morgan fingerprint density at radius 3 is 2.43 bits per heavy atom. The summed E-state index contributed by atoms with van der Waals surface area (Å²) in [7, 11) is -3.54. The number of amides is 1. The van der Waals surface area contributed by atoms with Crippen LogP contribution in [0.4, 0.5) is 5.69 Å². The summed E-state index contributed by atoms with van der Waals surface area (Å²) in [5.74, 6) is -0.120. The molecule has 1 fully saturated rings. The summed E-state index contributed by atoms with van der Waals surface area (Å²) in [6, 6.07) is 9.94. The van der Waals surface area contributed by atoms with E-state index in [1.165, 1.54) is 0 Å². The molecule has 110 valence electrons. The Kier molecular flexibility index (Phi) is 3.69. The quantitative estimate of drug-likeness (QED) is 0.888. The second-order valence-electron chi connectivity index (χ2n) is 4.86. The van der Waals surface area contributed by atoms with Crippen molar-refractivity contribution in [2.24, 2.45) is 0 Å². The maximum Gasteiger partial charge on any atom is 0.271 e. The second-order valence-corrected chi connectivity index (χ2v) is 7.72. The molecule has 0 saturated heterocycles.